The SMILES string of the molecule is Cc1ccc2cccnc2c1N1CCCN(Cc2csc(N3CCC[C@@H](O)C3)n2)CC1. The molecular weight excluding hydrogens is 406 g/mol. The number of aromatic nitrogens is 2. The summed E-state index contributed by atoms with van der Waals surface area (Å²) in [6, 6.07) is 8.55. The number of anilines is 2. The summed E-state index contributed by atoms with van der Waals surface area (Å²) in [5, 5.41) is 14.4. The number of pyridine rings is 1. The molecule has 2 aliphatic heterocycles. The van der Waals surface area contributed by atoms with Gasteiger partial charge in [-0.1, -0.05) is 18.2 Å². The predicted octanol–water partition coefficient (Wildman–Crippen LogP) is 3.67. The van der Waals surface area contributed by atoms with Gasteiger partial charge in [-0.25, -0.2) is 4.98 Å². The van der Waals surface area contributed by atoms with Gasteiger partial charge in [-0.15, -0.1) is 11.3 Å². The standard InChI is InChI=1S/C24H31N5OS/c1-18-7-8-19-5-2-9-25-22(19)23(18)28-12-4-10-27(13-14-28)15-20-17-31-24(26-20)29-11-3-6-21(30)16-29/h2,5,7-9,17,21,30H,3-4,6,10-16H2,1H3/t21-/m1/s1. The lowest BCUT2D eigenvalue weighted by atomic mass is 10.1. The molecule has 1 N–H and O–H groups in total. The van der Waals surface area contributed by atoms with Gasteiger partial charge in [-0.3, -0.25) is 9.88 Å². The number of benzene rings is 1. The summed E-state index contributed by atoms with van der Waals surface area (Å²) in [6.45, 7) is 8.98. The highest BCUT2D eigenvalue weighted by molar-refractivity contribution is 7.13. The molecule has 2 aromatic heterocycles. The van der Waals surface area contributed by atoms with Crippen molar-refractivity contribution in [1.29, 1.82) is 0 Å². The first-order valence-corrected chi connectivity index (χ1v) is 12.2. The Labute approximate surface area is 188 Å². The molecule has 1 aromatic carbocycles. The van der Waals surface area contributed by atoms with Gasteiger partial charge in [0.1, 0.15) is 0 Å². The van der Waals surface area contributed by atoms with Crippen LogP contribution in [0.4, 0.5) is 10.8 Å². The smallest absolute Gasteiger partial charge is 0.185 e. The number of fused-ring (bicyclic) bond motifs is 1. The van der Waals surface area contributed by atoms with E-state index in [1.54, 1.807) is 11.3 Å². The second-order valence-electron chi connectivity index (χ2n) is 8.79. The number of hydrogen-bond acceptors (Lipinski definition) is 7. The Bertz CT molecular complexity index is 1040. The second-order valence-corrected chi connectivity index (χ2v) is 9.62. The fourth-order valence-corrected chi connectivity index (χ4v) is 5.71. The van der Waals surface area contributed by atoms with E-state index in [-0.39, 0.29) is 6.10 Å². The Hall–Kier alpha value is -2.22. The van der Waals surface area contributed by atoms with Crippen molar-refractivity contribution in [2.24, 2.45) is 0 Å². The summed E-state index contributed by atoms with van der Waals surface area (Å²) >= 11 is 1.71. The van der Waals surface area contributed by atoms with E-state index in [0.29, 0.717) is 6.54 Å². The van der Waals surface area contributed by atoms with Gasteiger partial charge < -0.3 is 14.9 Å². The zero-order valence-corrected chi connectivity index (χ0v) is 19.0. The van der Waals surface area contributed by atoms with Crippen molar-refractivity contribution in [3.63, 3.8) is 0 Å². The number of nitrogens with zero attached hydrogens (tertiary/aromatic N) is 5. The van der Waals surface area contributed by atoms with E-state index in [1.807, 2.05) is 12.3 Å². The molecule has 0 radical (unpaired) electrons. The van der Waals surface area contributed by atoms with Crippen LogP contribution in [0.3, 0.4) is 0 Å². The van der Waals surface area contributed by atoms with E-state index >= 15 is 0 Å². The molecular formula is C24H31N5OS. The number of β-amino-alcohol motifs (C(OH)–C–C–N with tert-alkyl or cyclic N) is 1. The Morgan fingerprint density at radius 2 is 1.97 bits per heavy atom. The first kappa shape index (κ1) is 20.7. The molecule has 0 unspecified atom stereocenters. The van der Waals surface area contributed by atoms with Crippen molar-refractivity contribution in [3.8, 4) is 0 Å². The Morgan fingerprint density at radius 1 is 1.06 bits per heavy atom. The van der Waals surface area contributed by atoms with Crippen molar-refractivity contribution < 1.29 is 5.11 Å². The number of aliphatic hydroxyl groups is 1. The van der Waals surface area contributed by atoms with E-state index in [0.717, 1.165) is 74.9 Å². The molecule has 2 aliphatic rings. The molecule has 2 fully saturated rings. The molecule has 5 rings (SSSR count). The van der Waals surface area contributed by atoms with Crippen molar-refractivity contribution >= 4 is 33.1 Å². The minimum atomic E-state index is -0.218. The Morgan fingerprint density at radius 3 is 2.87 bits per heavy atom. The van der Waals surface area contributed by atoms with Crippen molar-refractivity contribution in [2.45, 2.75) is 38.8 Å². The maximum absolute atomic E-state index is 9.96. The average Bonchev–Trinajstić information content (AvgIpc) is 3.13. The summed E-state index contributed by atoms with van der Waals surface area (Å²) in [5.74, 6) is 0. The number of hydrogen-bond donors (Lipinski definition) is 1. The molecule has 0 bridgehead atoms. The zero-order valence-electron chi connectivity index (χ0n) is 18.2. The molecule has 2 saturated heterocycles. The lowest BCUT2D eigenvalue weighted by Crippen LogP contribution is -2.38. The van der Waals surface area contributed by atoms with E-state index in [2.05, 4.69) is 45.2 Å². The minimum Gasteiger partial charge on any atom is -0.391 e. The summed E-state index contributed by atoms with van der Waals surface area (Å²) < 4.78 is 0. The highest BCUT2D eigenvalue weighted by Gasteiger charge is 2.22. The van der Waals surface area contributed by atoms with Crippen LogP contribution in [-0.4, -0.2) is 65.3 Å². The molecule has 31 heavy (non-hydrogen) atoms. The number of piperidine rings is 1. The number of aliphatic hydroxyl groups excluding tert-OH is 1. The Kier molecular flexibility index (Phi) is 6.07. The first-order valence-electron chi connectivity index (χ1n) is 11.4. The third-order valence-corrected chi connectivity index (χ3v) is 7.40. The van der Waals surface area contributed by atoms with Gasteiger partial charge in [0.25, 0.3) is 0 Å². The fraction of sp³-hybridized carbons (Fsp3) is 0.500. The molecule has 0 spiro atoms. The second kappa shape index (κ2) is 9.10. The minimum absolute atomic E-state index is 0.218. The molecule has 1 atom stereocenters. The van der Waals surface area contributed by atoms with Crippen LogP contribution < -0.4 is 9.80 Å². The van der Waals surface area contributed by atoms with Crippen molar-refractivity contribution in [3.05, 3.63) is 47.1 Å². The molecule has 3 aromatic rings. The highest BCUT2D eigenvalue weighted by atomic mass is 32.1. The van der Waals surface area contributed by atoms with Gasteiger partial charge in [0.05, 0.1) is 23.0 Å². The topological polar surface area (TPSA) is 55.7 Å². The van der Waals surface area contributed by atoms with Crippen LogP contribution in [0.25, 0.3) is 10.9 Å². The van der Waals surface area contributed by atoms with Crippen molar-refractivity contribution in [2.75, 3.05) is 49.1 Å². The molecule has 0 aliphatic carbocycles. The van der Waals surface area contributed by atoms with Crippen LogP contribution in [0.1, 0.15) is 30.5 Å². The van der Waals surface area contributed by atoms with E-state index in [4.69, 9.17) is 9.97 Å². The monoisotopic (exact) mass is 437 g/mol. The molecule has 6 nitrogen and oxygen atoms in total. The number of aryl methyl sites for hydroxylation is 1. The molecule has 0 saturated carbocycles. The summed E-state index contributed by atoms with van der Waals surface area (Å²) in [5.41, 5.74) is 4.85. The van der Waals surface area contributed by atoms with Gasteiger partial charge in [-0.05, 0) is 37.8 Å². The Balaban J connectivity index is 1.26. The average molecular weight is 438 g/mol. The van der Waals surface area contributed by atoms with Gasteiger partial charge in [0, 0.05) is 62.8 Å². The van der Waals surface area contributed by atoms with Gasteiger partial charge >= 0.3 is 0 Å². The van der Waals surface area contributed by atoms with E-state index in [9.17, 15) is 5.11 Å². The summed E-state index contributed by atoms with van der Waals surface area (Å²) in [7, 11) is 0. The maximum atomic E-state index is 9.96. The van der Waals surface area contributed by atoms with Crippen LogP contribution >= 0.6 is 11.3 Å². The van der Waals surface area contributed by atoms with Crippen LogP contribution in [0.5, 0.6) is 0 Å². The van der Waals surface area contributed by atoms with Crippen molar-refractivity contribution in [1.82, 2.24) is 14.9 Å². The molecule has 7 heteroatoms. The molecule has 0 amide bonds. The van der Waals surface area contributed by atoms with Crippen LogP contribution in [0.15, 0.2) is 35.8 Å². The third kappa shape index (κ3) is 4.54. The van der Waals surface area contributed by atoms with E-state index < -0.39 is 0 Å². The summed E-state index contributed by atoms with van der Waals surface area (Å²) in [6.07, 6.45) is 4.77. The third-order valence-electron chi connectivity index (χ3n) is 6.45. The van der Waals surface area contributed by atoms with E-state index in [1.165, 1.54) is 16.6 Å². The zero-order chi connectivity index (χ0) is 21.2. The number of thiazole rings is 1. The van der Waals surface area contributed by atoms with Crippen LogP contribution in [0, 0.1) is 6.92 Å². The quantitative estimate of drug-likeness (QED) is 0.672. The van der Waals surface area contributed by atoms with Crippen LogP contribution in [0.2, 0.25) is 0 Å². The molecule has 4 heterocycles. The lowest BCUT2D eigenvalue weighted by Gasteiger charge is -2.29. The summed E-state index contributed by atoms with van der Waals surface area (Å²) in [4.78, 5) is 16.9. The van der Waals surface area contributed by atoms with Crippen LogP contribution in [-0.2, 0) is 6.54 Å². The lowest BCUT2D eigenvalue weighted by molar-refractivity contribution is 0.154. The largest absolute Gasteiger partial charge is 0.391 e. The van der Waals surface area contributed by atoms with Gasteiger partial charge in [0.15, 0.2) is 5.13 Å². The fourth-order valence-electron chi connectivity index (χ4n) is 4.85. The normalized spacial score (nSPS) is 20.9. The van der Waals surface area contributed by atoms with Gasteiger partial charge in [-0.2, -0.15) is 0 Å². The van der Waals surface area contributed by atoms with Gasteiger partial charge in [0.2, 0.25) is 0 Å². The highest BCUT2D eigenvalue weighted by Crippen LogP contribution is 2.30. The first-order chi connectivity index (χ1) is 15.2. The predicted molar refractivity (Wildman–Crippen MR) is 128 cm³/mol. The number of rotatable bonds is 4. The molecule has 164 valence electrons. The maximum Gasteiger partial charge on any atom is 0.185 e.